The number of thioether (sulfide) groups is 1. The Morgan fingerprint density at radius 2 is 1.94 bits per heavy atom. The smallest absolute Gasteiger partial charge is 0.321 e. The summed E-state index contributed by atoms with van der Waals surface area (Å²) in [5.41, 5.74) is 6.33. The molecule has 0 bridgehead atoms. The standard InChI is InChI=1S/C10H11Cl2NO2S/c11-7-1-6(2-8(12)3-7)4-16-5-9(13)10(14)15/h1-3,9H,4-5,13H2,(H,14,15)/t9-/m0/s1. The molecular weight excluding hydrogens is 269 g/mol. The number of carboxylic acid groups (broad SMARTS) is 1. The molecule has 0 spiro atoms. The maximum atomic E-state index is 10.5. The molecule has 88 valence electrons. The van der Waals surface area contributed by atoms with Gasteiger partial charge in [-0.1, -0.05) is 23.2 Å². The second kappa shape index (κ2) is 6.35. The number of carbonyl (C=O) groups is 1. The first-order valence-corrected chi connectivity index (χ1v) is 6.41. The van der Waals surface area contributed by atoms with Gasteiger partial charge in [-0.25, -0.2) is 0 Å². The van der Waals surface area contributed by atoms with Crippen molar-refractivity contribution >= 4 is 40.9 Å². The fourth-order valence-electron chi connectivity index (χ4n) is 1.07. The third-order valence-corrected chi connectivity index (χ3v) is 3.37. The average molecular weight is 280 g/mol. The molecule has 0 unspecified atom stereocenters. The number of hydrogen-bond acceptors (Lipinski definition) is 3. The van der Waals surface area contributed by atoms with Crippen molar-refractivity contribution < 1.29 is 9.90 Å². The number of benzene rings is 1. The van der Waals surface area contributed by atoms with Gasteiger partial charge in [0.25, 0.3) is 0 Å². The second-order valence-corrected chi connectivity index (χ2v) is 5.14. The Morgan fingerprint density at radius 3 is 2.44 bits per heavy atom. The molecule has 0 saturated carbocycles. The summed E-state index contributed by atoms with van der Waals surface area (Å²) in [7, 11) is 0. The lowest BCUT2D eigenvalue weighted by Crippen LogP contribution is -2.32. The second-order valence-electron chi connectivity index (χ2n) is 3.24. The van der Waals surface area contributed by atoms with Crippen LogP contribution in [0.1, 0.15) is 5.56 Å². The van der Waals surface area contributed by atoms with Crippen LogP contribution >= 0.6 is 35.0 Å². The third kappa shape index (κ3) is 4.61. The van der Waals surface area contributed by atoms with Crippen molar-refractivity contribution in [2.75, 3.05) is 5.75 Å². The van der Waals surface area contributed by atoms with Gasteiger partial charge in [-0.05, 0) is 23.8 Å². The van der Waals surface area contributed by atoms with Crippen molar-refractivity contribution in [2.24, 2.45) is 5.73 Å². The van der Waals surface area contributed by atoms with Gasteiger partial charge < -0.3 is 10.8 Å². The van der Waals surface area contributed by atoms with Crippen LogP contribution in [0.5, 0.6) is 0 Å². The van der Waals surface area contributed by atoms with E-state index in [1.54, 1.807) is 18.2 Å². The van der Waals surface area contributed by atoms with E-state index in [1.165, 1.54) is 11.8 Å². The zero-order chi connectivity index (χ0) is 12.1. The number of nitrogens with two attached hydrogens (primary N) is 1. The monoisotopic (exact) mass is 279 g/mol. The summed E-state index contributed by atoms with van der Waals surface area (Å²) in [6.45, 7) is 0. The van der Waals surface area contributed by atoms with E-state index in [-0.39, 0.29) is 0 Å². The van der Waals surface area contributed by atoms with Gasteiger partial charge in [0, 0.05) is 21.6 Å². The quantitative estimate of drug-likeness (QED) is 0.870. The van der Waals surface area contributed by atoms with Crippen molar-refractivity contribution in [3.63, 3.8) is 0 Å². The van der Waals surface area contributed by atoms with Crippen LogP contribution < -0.4 is 5.73 Å². The number of aliphatic carboxylic acids is 1. The van der Waals surface area contributed by atoms with E-state index in [0.29, 0.717) is 21.6 Å². The normalized spacial score (nSPS) is 12.4. The van der Waals surface area contributed by atoms with E-state index in [1.807, 2.05) is 0 Å². The highest BCUT2D eigenvalue weighted by Gasteiger charge is 2.10. The molecule has 16 heavy (non-hydrogen) atoms. The molecule has 1 aromatic carbocycles. The van der Waals surface area contributed by atoms with E-state index in [2.05, 4.69) is 0 Å². The predicted octanol–water partition coefficient (Wildman–Crippen LogP) is 2.64. The van der Waals surface area contributed by atoms with Gasteiger partial charge in [0.05, 0.1) is 0 Å². The zero-order valence-electron chi connectivity index (χ0n) is 8.32. The number of hydrogen-bond donors (Lipinski definition) is 2. The minimum absolute atomic E-state index is 0.361. The fourth-order valence-corrected chi connectivity index (χ4v) is 2.56. The molecule has 1 rings (SSSR count). The maximum Gasteiger partial charge on any atom is 0.321 e. The molecule has 0 aliphatic heterocycles. The summed E-state index contributed by atoms with van der Waals surface area (Å²) in [5.74, 6) is 0.0115. The molecule has 0 aromatic heterocycles. The van der Waals surface area contributed by atoms with Crippen molar-refractivity contribution in [2.45, 2.75) is 11.8 Å². The molecule has 3 nitrogen and oxygen atoms in total. The van der Waals surface area contributed by atoms with Gasteiger partial charge in [-0.2, -0.15) is 11.8 Å². The Balaban J connectivity index is 2.46. The van der Waals surface area contributed by atoms with Gasteiger partial charge in [-0.15, -0.1) is 0 Å². The molecule has 1 atom stereocenters. The van der Waals surface area contributed by atoms with Crippen LogP contribution in [-0.2, 0) is 10.5 Å². The fraction of sp³-hybridized carbons (Fsp3) is 0.300. The summed E-state index contributed by atoms with van der Waals surface area (Å²) in [5, 5.41) is 9.74. The summed E-state index contributed by atoms with van der Waals surface area (Å²) >= 11 is 13.1. The van der Waals surface area contributed by atoms with Crippen LogP contribution in [0.4, 0.5) is 0 Å². The van der Waals surface area contributed by atoms with Crippen LogP contribution in [0, 0.1) is 0 Å². The van der Waals surface area contributed by atoms with Gasteiger partial charge in [-0.3, -0.25) is 4.79 Å². The molecule has 1 aromatic rings. The molecular formula is C10H11Cl2NO2S. The molecule has 0 amide bonds. The Morgan fingerprint density at radius 1 is 1.38 bits per heavy atom. The maximum absolute atomic E-state index is 10.5. The molecule has 6 heteroatoms. The molecule has 0 aliphatic rings. The highest BCUT2D eigenvalue weighted by atomic mass is 35.5. The lowest BCUT2D eigenvalue weighted by molar-refractivity contribution is -0.137. The number of rotatable bonds is 5. The Kier molecular flexibility index (Phi) is 5.41. The van der Waals surface area contributed by atoms with Crippen molar-refractivity contribution in [3.05, 3.63) is 33.8 Å². The lowest BCUT2D eigenvalue weighted by Gasteiger charge is -2.06. The average Bonchev–Trinajstić information content (AvgIpc) is 2.15. The molecule has 0 saturated heterocycles. The van der Waals surface area contributed by atoms with E-state index >= 15 is 0 Å². The largest absolute Gasteiger partial charge is 0.480 e. The van der Waals surface area contributed by atoms with Crippen LogP contribution in [0.2, 0.25) is 10.0 Å². The third-order valence-electron chi connectivity index (χ3n) is 1.81. The van der Waals surface area contributed by atoms with Crippen LogP contribution in [0.25, 0.3) is 0 Å². The molecule has 3 N–H and O–H groups in total. The summed E-state index contributed by atoms with van der Waals surface area (Å²) < 4.78 is 0. The van der Waals surface area contributed by atoms with Crippen molar-refractivity contribution in [1.82, 2.24) is 0 Å². The van der Waals surface area contributed by atoms with E-state index in [0.717, 1.165) is 5.56 Å². The minimum Gasteiger partial charge on any atom is -0.480 e. The first-order valence-electron chi connectivity index (χ1n) is 4.50. The Labute approximate surface area is 108 Å². The van der Waals surface area contributed by atoms with E-state index in [4.69, 9.17) is 34.0 Å². The van der Waals surface area contributed by atoms with E-state index < -0.39 is 12.0 Å². The first-order chi connectivity index (χ1) is 7.49. The van der Waals surface area contributed by atoms with Crippen LogP contribution in [-0.4, -0.2) is 22.9 Å². The highest BCUT2D eigenvalue weighted by molar-refractivity contribution is 7.98. The molecule has 0 aliphatic carbocycles. The Bertz CT molecular complexity index is 367. The van der Waals surface area contributed by atoms with Gasteiger partial charge in [0.1, 0.15) is 6.04 Å². The summed E-state index contributed by atoms with van der Waals surface area (Å²) in [6.07, 6.45) is 0. The summed E-state index contributed by atoms with van der Waals surface area (Å²) in [4.78, 5) is 10.5. The van der Waals surface area contributed by atoms with E-state index in [9.17, 15) is 4.79 Å². The minimum atomic E-state index is -0.989. The van der Waals surface area contributed by atoms with Gasteiger partial charge in [0.2, 0.25) is 0 Å². The topological polar surface area (TPSA) is 63.3 Å². The lowest BCUT2D eigenvalue weighted by atomic mass is 10.2. The molecule has 0 fully saturated rings. The number of halogens is 2. The van der Waals surface area contributed by atoms with Gasteiger partial charge in [0.15, 0.2) is 0 Å². The SMILES string of the molecule is N[C@@H](CSCc1cc(Cl)cc(Cl)c1)C(=O)O. The predicted molar refractivity (Wildman–Crippen MR) is 68.2 cm³/mol. The zero-order valence-corrected chi connectivity index (χ0v) is 10.6. The van der Waals surface area contributed by atoms with Crippen molar-refractivity contribution in [3.8, 4) is 0 Å². The van der Waals surface area contributed by atoms with Crippen molar-refractivity contribution in [1.29, 1.82) is 0 Å². The first kappa shape index (κ1) is 13.6. The van der Waals surface area contributed by atoms with Gasteiger partial charge >= 0.3 is 5.97 Å². The summed E-state index contributed by atoms with van der Waals surface area (Å²) in [6, 6.07) is 4.42. The molecule has 0 heterocycles. The van der Waals surface area contributed by atoms with Crippen LogP contribution in [0.15, 0.2) is 18.2 Å². The number of carboxylic acids is 1. The van der Waals surface area contributed by atoms with Crippen LogP contribution in [0.3, 0.4) is 0 Å². The highest BCUT2D eigenvalue weighted by Crippen LogP contribution is 2.22. The Hall–Kier alpha value is -0.420. The molecule has 0 radical (unpaired) electrons.